The molecule has 1 aromatic heterocycles. The van der Waals surface area contributed by atoms with Crippen molar-refractivity contribution in [2.45, 2.75) is 13.1 Å². The highest BCUT2D eigenvalue weighted by atomic mass is 19.1. The normalized spacial score (nSPS) is 11.1. The maximum Gasteiger partial charge on any atom is 0.128 e. The van der Waals surface area contributed by atoms with Crippen molar-refractivity contribution in [1.82, 2.24) is 4.57 Å². The number of benzene rings is 2. The van der Waals surface area contributed by atoms with E-state index in [1.54, 1.807) is 6.07 Å². The first kappa shape index (κ1) is 11.9. The molecule has 0 bridgehead atoms. The number of rotatable bonds is 3. The molecule has 0 aliphatic carbocycles. The Morgan fingerprint density at radius 2 is 1.89 bits per heavy atom. The first-order chi connectivity index (χ1) is 9.28. The van der Waals surface area contributed by atoms with E-state index in [1.165, 1.54) is 6.07 Å². The monoisotopic (exact) mass is 254 g/mol. The number of nitrogens with two attached hydrogens (primary N) is 1. The van der Waals surface area contributed by atoms with E-state index in [9.17, 15) is 4.39 Å². The first-order valence-electron chi connectivity index (χ1n) is 6.29. The highest BCUT2D eigenvalue weighted by molar-refractivity contribution is 5.80. The zero-order valence-corrected chi connectivity index (χ0v) is 10.5. The minimum absolute atomic E-state index is 0.167. The second-order valence-electron chi connectivity index (χ2n) is 4.63. The van der Waals surface area contributed by atoms with Crippen molar-refractivity contribution in [1.29, 1.82) is 0 Å². The van der Waals surface area contributed by atoms with Gasteiger partial charge >= 0.3 is 0 Å². The van der Waals surface area contributed by atoms with Crippen LogP contribution in [0, 0.1) is 5.82 Å². The van der Waals surface area contributed by atoms with Crippen LogP contribution in [0.4, 0.5) is 4.39 Å². The van der Waals surface area contributed by atoms with E-state index >= 15 is 0 Å². The van der Waals surface area contributed by atoms with Gasteiger partial charge in [-0.2, -0.15) is 0 Å². The molecule has 0 atom stereocenters. The van der Waals surface area contributed by atoms with Crippen LogP contribution in [0.1, 0.15) is 11.1 Å². The number of fused-ring (bicyclic) bond motifs is 1. The molecule has 96 valence electrons. The predicted molar refractivity (Wildman–Crippen MR) is 75.3 cm³/mol. The Kier molecular flexibility index (Phi) is 3.05. The summed E-state index contributed by atoms with van der Waals surface area (Å²) in [6, 6.07) is 15.0. The molecule has 3 aromatic rings. The topological polar surface area (TPSA) is 30.9 Å². The molecule has 0 fully saturated rings. The van der Waals surface area contributed by atoms with Gasteiger partial charge in [-0.1, -0.05) is 30.3 Å². The Morgan fingerprint density at radius 1 is 1.05 bits per heavy atom. The highest BCUT2D eigenvalue weighted by Gasteiger charge is 2.05. The van der Waals surface area contributed by atoms with Crippen LogP contribution in [0.5, 0.6) is 0 Å². The number of hydrogen-bond acceptors (Lipinski definition) is 1. The molecule has 0 saturated heterocycles. The maximum atomic E-state index is 13.7. The van der Waals surface area contributed by atoms with Gasteiger partial charge in [0.2, 0.25) is 0 Å². The number of nitrogens with zero attached hydrogens (tertiary/aromatic N) is 1. The van der Waals surface area contributed by atoms with Gasteiger partial charge in [0.1, 0.15) is 5.82 Å². The van der Waals surface area contributed by atoms with E-state index in [0.717, 1.165) is 16.5 Å². The van der Waals surface area contributed by atoms with Crippen molar-refractivity contribution in [2.24, 2.45) is 5.73 Å². The van der Waals surface area contributed by atoms with Crippen molar-refractivity contribution >= 4 is 10.9 Å². The molecule has 2 aromatic carbocycles. The average Bonchev–Trinajstić information content (AvgIpc) is 2.84. The standard InChI is InChI=1S/C16H15FN2/c17-15-4-2-1-3-14(15)11-19-8-7-13-6-5-12(10-18)9-16(13)19/h1-9H,10-11,18H2. The van der Waals surface area contributed by atoms with Crippen molar-refractivity contribution in [3.05, 3.63) is 71.7 Å². The largest absolute Gasteiger partial charge is 0.343 e. The highest BCUT2D eigenvalue weighted by Crippen LogP contribution is 2.19. The summed E-state index contributed by atoms with van der Waals surface area (Å²) in [7, 11) is 0. The summed E-state index contributed by atoms with van der Waals surface area (Å²) < 4.78 is 15.7. The molecule has 3 rings (SSSR count). The van der Waals surface area contributed by atoms with Gasteiger partial charge in [-0.25, -0.2) is 4.39 Å². The van der Waals surface area contributed by atoms with Gasteiger partial charge in [0.15, 0.2) is 0 Å². The van der Waals surface area contributed by atoms with E-state index < -0.39 is 0 Å². The molecule has 2 N–H and O–H groups in total. The Labute approximate surface area is 111 Å². The van der Waals surface area contributed by atoms with Crippen molar-refractivity contribution in [3.63, 3.8) is 0 Å². The third-order valence-electron chi connectivity index (χ3n) is 3.37. The third-order valence-corrected chi connectivity index (χ3v) is 3.37. The molecule has 0 aliphatic heterocycles. The van der Waals surface area contributed by atoms with Gasteiger partial charge in [0.25, 0.3) is 0 Å². The summed E-state index contributed by atoms with van der Waals surface area (Å²) in [6.45, 7) is 1.05. The number of hydrogen-bond donors (Lipinski definition) is 1. The lowest BCUT2D eigenvalue weighted by Gasteiger charge is -2.07. The van der Waals surface area contributed by atoms with Gasteiger partial charge in [-0.15, -0.1) is 0 Å². The molecule has 0 aliphatic rings. The smallest absolute Gasteiger partial charge is 0.128 e. The lowest BCUT2D eigenvalue weighted by atomic mass is 10.1. The molecular formula is C16H15FN2. The molecule has 0 amide bonds. The molecule has 0 radical (unpaired) electrons. The molecule has 0 saturated carbocycles. The average molecular weight is 254 g/mol. The summed E-state index contributed by atoms with van der Waals surface area (Å²) in [4.78, 5) is 0. The van der Waals surface area contributed by atoms with Gasteiger partial charge in [-0.05, 0) is 29.1 Å². The van der Waals surface area contributed by atoms with E-state index in [-0.39, 0.29) is 5.82 Å². The fourth-order valence-electron chi connectivity index (χ4n) is 2.30. The fourth-order valence-corrected chi connectivity index (χ4v) is 2.30. The molecule has 1 heterocycles. The quantitative estimate of drug-likeness (QED) is 0.764. The third kappa shape index (κ3) is 2.25. The molecule has 0 unspecified atom stereocenters. The van der Waals surface area contributed by atoms with Crippen molar-refractivity contribution < 1.29 is 4.39 Å². The van der Waals surface area contributed by atoms with Gasteiger partial charge in [0, 0.05) is 23.8 Å². The SMILES string of the molecule is NCc1ccc2ccn(Cc3ccccc3F)c2c1. The minimum Gasteiger partial charge on any atom is -0.343 e. The van der Waals surface area contributed by atoms with Crippen LogP contribution in [-0.2, 0) is 13.1 Å². The number of aromatic nitrogens is 1. The summed E-state index contributed by atoms with van der Waals surface area (Å²) in [6.07, 6.45) is 1.98. The van der Waals surface area contributed by atoms with Crippen LogP contribution in [0.2, 0.25) is 0 Å². The van der Waals surface area contributed by atoms with E-state index in [0.29, 0.717) is 18.7 Å². The van der Waals surface area contributed by atoms with Crippen LogP contribution in [0.25, 0.3) is 10.9 Å². The lowest BCUT2D eigenvalue weighted by Crippen LogP contribution is -2.01. The van der Waals surface area contributed by atoms with Crippen LogP contribution in [-0.4, -0.2) is 4.57 Å². The first-order valence-corrected chi connectivity index (χ1v) is 6.29. The van der Waals surface area contributed by atoms with E-state index in [2.05, 4.69) is 12.1 Å². The van der Waals surface area contributed by atoms with E-state index in [4.69, 9.17) is 5.73 Å². The van der Waals surface area contributed by atoms with Gasteiger partial charge in [-0.3, -0.25) is 0 Å². The fraction of sp³-hybridized carbons (Fsp3) is 0.125. The zero-order chi connectivity index (χ0) is 13.2. The summed E-state index contributed by atoms with van der Waals surface area (Å²) in [5, 5.41) is 1.15. The Morgan fingerprint density at radius 3 is 2.68 bits per heavy atom. The summed E-state index contributed by atoms with van der Waals surface area (Å²) in [5.41, 5.74) is 8.53. The van der Waals surface area contributed by atoms with Crippen LogP contribution < -0.4 is 5.73 Å². The van der Waals surface area contributed by atoms with Crippen molar-refractivity contribution in [2.75, 3.05) is 0 Å². The van der Waals surface area contributed by atoms with Crippen LogP contribution in [0.3, 0.4) is 0 Å². The molecule has 0 spiro atoms. The molecule has 2 nitrogen and oxygen atoms in total. The Bertz CT molecular complexity index is 716. The Balaban J connectivity index is 2.03. The summed E-state index contributed by atoms with van der Waals surface area (Å²) >= 11 is 0. The second-order valence-corrected chi connectivity index (χ2v) is 4.63. The molecular weight excluding hydrogens is 239 g/mol. The number of halogens is 1. The molecule has 19 heavy (non-hydrogen) atoms. The van der Waals surface area contributed by atoms with Crippen LogP contribution in [0.15, 0.2) is 54.7 Å². The zero-order valence-electron chi connectivity index (χ0n) is 10.5. The second kappa shape index (κ2) is 4.86. The minimum atomic E-state index is -0.167. The predicted octanol–water partition coefficient (Wildman–Crippen LogP) is 3.29. The lowest BCUT2D eigenvalue weighted by molar-refractivity contribution is 0.602. The van der Waals surface area contributed by atoms with Gasteiger partial charge in [0.05, 0.1) is 6.54 Å². The Hall–Kier alpha value is -2.13. The molecule has 3 heteroatoms. The van der Waals surface area contributed by atoms with Crippen LogP contribution >= 0.6 is 0 Å². The maximum absolute atomic E-state index is 13.7. The van der Waals surface area contributed by atoms with Crippen molar-refractivity contribution in [3.8, 4) is 0 Å². The summed E-state index contributed by atoms with van der Waals surface area (Å²) in [5.74, 6) is -0.167. The van der Waals surface area contributed by atoms with E-state index in [1.807, 2.05) is 35.0 Å². The van der Waals surface area contributed by atoms with Gasteiger partial charge < -0.3 is 10.3 Å².